The Hall–Kier alpha value is -3.06. The summed E-state index contributed by atoms with van der Waals surface area (Å²) in [4.78, 5) is 24.2. The number of aromatic nitrogens is 3. The van der Waals surface area contributed by atoms with E-state index in [2.05, 4.69) is 20.3 Å². The Labute approximate surface area is 150 Å². The Bertz CT molecular complexity index is 878. The molecular weight excluding hydrogens is 335 g/mol. The fourth-order valence-electron chi connectivity index (χ4n) is 2.69. The monoisotopic (exact) mass is 354 g/mol. The lowest BCUT2D eigenvalue weighted by atomic mass is 10.0. The van der Waals surface area contributed by atoms with E-state index in [1.54, 1.807) is 37.5 Å². The molecule has 3 rings (SSSR count). The number of nitrogens with one attached hydrogen (secondary N) is 2. The lowest BCUT2D eigenvalue weighted by Gasteiger charge is -2.18. The van der Waals surface area contributed by atoms with Crippen molar-refractivity contribution >= 4 is 5.91 Å². The molecule has 0 aliphatic carbocycles. The average Bonchev–Trinajstić information content (AvgIpc) is 3.05. The summed E-state index contributed by atoms with van der Waals surface area (Å²) in [5.74, 6) is -0.162. The molecule has 0 radical (unpaired) electrons. The maximum atomic E-state index is 13.1. The summed E-state index contributed by atoms with van der Waals surface area (Å²) in [6, 6.07) is 9.03. The highest BCUT2D eigenvalue weighted by Gasteiger charge is 2.20. The first-order valence-corrected chi connectivity index (χ1v) is 8.22. The number of pyridine rings is 1. The van der Waals surface area contributed by atoms with Gasteiger partial charge in [0.25, 0.3) is 5.91 Å². The third kappa shape index (κ3) is 3.94. The molecule has 2 aromatic heterocycles. The van der Waals surface area contributed by atoms with Gasteiger partial charge < -0.3 is 15.4 Å². The molecule has 0 saturated heterocycles. The quantitative estimate of drug-likeness (QED) is 0.635. The minimum atomic E-state index is -0.439. The topological polar surface area (TPSA) is 90.9 Å². The molecule has 0 saturated carbocycles. The van der Waals surface area contributed by atoms with E-state index in [9.17, 15) is 14.3 Å². The van der Waals surface area contributed by atoms with Crippen LogP contribution in [0.3, 0.4) is 0 Å². The molecule has 0 spiro atoms. The van der Waals surface area contributed by atoms with E-state index in [1.807, 2.05) is 6.07 Å². The SMILES string of the molecule is Cc1[nH]c(-c2cccnc2)nc1C(=O)NC(CCO)c1ccc(F)cc1. The number of hydrogen-bond donors (Lipinski definition) is 3. The van der Waals surface area contributed by atoms with Crippen LogP contribution in [0.25, 0.3) is 11.4 Å². The van der Waals surface area contributed by atoms with Gasteiger partial charge in [-0.1, -0.05) is 12.1 Å². The molecule has 1 amide bonds. The minimum Gasteiger partial charge on any atom is -0.396 e. The highest BCUT2D eigenvalue weighted by molar-refractivity contribution is 5.94. The molecule has 0 aliphatic rings. The van der Waals surface area contributed by atoms with Crippen molar-refractivity contribution in [1.82, 2.24) is 20.3 Å². The van der Waals surface area contributed by atoms with Crippen molar-refractivity contribution in [2.45, 2.75) is 19.4 Å². The van der Waals surface area contributed by atoms with Crippen molar-refractivity contribution in [1.29, 1.82) is 0 Å². The number of imidazole rings is 1. The fraction of sp³-hybridized carbons (Fsp3) is 0.211. The fourth-order valence-corrected chi connectivity index (χ4v) is 2.69. The second-order valence-corrected chi connectivity index (χ2v) is 5.89. The zero-order chi connectivity index (χ0) is 18.5. The van der Waals surface area contributed by atoms with Gasteiger partial charge in [0, 0.05) is 30.3 Å². The van der Waals surface area contributed by atoms with Crippen LogP contribution < -0.4 is 5.32 Å². The van der Waals surface area contributed by atoms with Gasteiger partial charge in [0.15, 0.2) is 0 Å². The third-order valence-corrected chi connectivity index (χ3v) is 4.03. The molecule has 0 bridgehead atoms. The first kappa shape index (κ1) is 17.8. The molecule has 0 aliphatic heterocycles. The van der Waals surface area contributed by atoms with E-state index in [4.69, 9.17) is 0 Å². The van der Waals surface area contributed by atoms with E-state index >= 15 is 0 Å². The Morgan fingerprint density at radius 1 is 1.31 bits per heavy atom. The van der Waals surface area contributed by atoms with Crippen LogP contribution in [0.4, 0.5) is 4.39 Å². The molecule has 26 heavy (non-hydrogen) atoms. The van der Waals surface area contributed by atoms with E-state index in [1.165, 1.54) is 12.1 Å². The first-order chi connectivity index (χ1) is 12.6. The van der Waals surface area contributed by atoms with E-state index < -0.39 is 6.04 Å². The summed E-state index contributed by atoms with van der Waals surface area (Å²) in [6.07, 6.45) is 3.64. The number of aryl methyl sites for hydroxylation is 1. The van der Waals surface area contributed by atoms with Gasteiger partial charge in [-0.15, -0.1) is 0 Å². The number of aromatic amines is 1. The van der Waals surface area contributed by atoms with Crippen LogP contribution in [-0.4, -0.2) is 32.6 Å². The van der Waals surface area contributed by atoms with Crippen molar-refractivity contribution in [3.63, 3.8) is 0 Å². The molecule has 3 N–H and O–H groups in total. The Morgan fingerprint density at radius 3 is 2.73 bits per heavy atom. The maximum Gasteiger partial charge on any atom is 0.272 e. The predicted molar refractivity (Wildman–Crippen MR) is 94.9 cm³/mol. The van der Waals surface area contributed by atoms with Gasteiger partial charge in [-0.3, -0.25) is 9.78 Å². The summed E-state index contributed by atoms with van der Waals surface area (Å²) < 4.78 is 13.1. The number of H-pyrrole nitrogens is 1. The smallest absolute Gasteiger partial charge is 0.272 e. The van der Waals surface area contributed by atoms with Crippen LogP contribution >= 0.6 is 0 Å². The van der Waals surface area contributed by atoms with E-state index in [0.29, 0.717) is 17.9 Å². The van der Waals surface area contributed by atoms with E-state index in [0.717, 1.165) is 11.1 Å². The van der Waals surface area contributed by atoms with Gasteiger partial charge in [0.1, 0.15) is 17.3 Å². The lowest BCUT2D eigenvalue weighted by Crippen LogP contribution is -2.30. The lowest BCUT2D eigenvalue weighted by molar-refractivity contribution is 0.0925. The number of hydrogen-bond acceptors (Lipinski definition) is 4. The minimum absolute atomic E-state index is 0.108. The Morgan fingerprint density at radius 2 is 2.08 bits per heavy atom. The zero-order valence-corrected chi connectivity index (χ0v) is 14.2. The van der Waals surface area contributed by atoms with Crippen molar-refractivity contribution in [2.75, 3.05) is 6.61 Å². The molecule has 134 valence electrons. The van der Waals surface area contributed by atoms with Crippen molar-refractivity contribution in [3.8, 4) is 11.4 Å². The normalized spacial score (nSPS) is 12.0. The standard InChI is InChI=1S/C19H19FN4O2/c1-12-17(24-18(22-12)14-3-2-9-21-11-14)19(26)23-16(8-10-25)13-4-6-15(20)7-5-13/h2-7,9,11,16,25H,8,10H2,1H3,(H,22,24)(H,23,26). The Kier molecular flexibility index (Phi) is 5.38. The third-order valence-electron chi connectivity index (χ3n) is 4.03. The molecular formula is C19H19FN4O2. The summed E-state index contributed by atoms with van der Waals surface area (Å²) >= 11 is 0. The molecule has 1 aromatic carbocycles. The van der Waals surface area contributed by atoms with Crippen LogP contribution in [-0.2, 0) is 0 Å². The number of aliphatic hydroxyl groups excluding tert-OH is 1. The second-order valence-electron chi connectivity index (χ2n) is 5.89. The first-order valence-electron chi connectivity index (χ1n) is 8.22. The number of aliphatic hydroxyl groups is 1. The zero-order valence-electron chi connectivity index (χ0n) is 14.2. The van der Waals surface area contributed by atoms with Gasteiger partial charge in [0.05, 0.1) is 6.04 Å². The van der Waals surface area contributed by atoms with Gasteiger partial charge in [-0.2, -0.15) is 0 Å². The highest BCUT2D eigenvalue weighted by atomic mass is 19.1. The van der Waals surface area contributed by atoms with Crippen LogP contribution in [0.15, 0.2) is 48.8 Å². The molecule has 3 aromatic rings. The number of halogens is 1. The van der Waals surface area contributed by atoms with Crippen molar-refractivity contribution in [3.05, 3.63) is 71.6 Å². The number of rotatable bonds is 6. The van der Waals surface area contributed by atoms with Gasteiger partial charge in [-0.25, -0.2) is 9.37 Å². The molecule has 1 unspecified atom stereocenters. The summed E-state index contributed by atoms with van der Waals surface area (Å²) in [7, 11) is 0. The average molecular weight is 354 g/mol. The second kappa shape index (κ2) is 7.88. The number of nitrogens with zero attached hydrogens (tertiary/aromatic N) is 2. The van der Waals surface area contributed by atoms with Crippen molar-refractivity contribution < 1.29 is 14.3 Å². The van der Waals surface area contributed by atoms with Gasteiger partial charge in [0.2, 0.25) is 0 Å². The van der Waals surface area contributed by atoms with E-state index in [-0.39, 0.29) is 24.0 Å². The summed E-state index contributed by atoms with van der Waals surface area (Å²) in [5.41, 5.74) is 2.40. The maximum absolute atomic E-state index is 13.1. The largest absolute Gasteiger partial charge is 0.396 e. The van der Waals surface area contributed by atoms with Gasteiger partial charge in [-0.05, 0) is 43.2 Å². The molecule has 1 atom stereocenters. The number of benzene rings is 1. The highest BCUT2D eigenvalue weighted by Crippen LogP contribution is 2.20. The van der Waals surface area contributed by atoms with Crippen molar-refractivity contribution in [2.24, 2.45) is 0 Å². The molecule has 2 heterocycles. The summed E-state index contributed by atoms with van der Waals surface area (Å²) in [6.45, 7) is 1.66. The summed E-state index contributed by atoms with van der Waals surface area (Å²) in [5, 5.41) is 12.1. The Balaban J connectivity index is 1.81. The number of amides is 1. The molecule has 7 heteroatoms. The number of carbonyl (C=O) groups is 1. The van der Waals surface area contributed by atoms with Crippen LogP contribution in [0.5, 0.6) is 0 Å². The number of carbonyl (C=O) groups excluding carboxylic acids is 1. The molecule has 6 nitrogen and oxygen atoms in total. The molecule has 0 fully saturated rings. The van der Waals surface area contributed by atoms with Gasteiger partial charge >= 0.3 is 0 Å². The van der Waals surface area contributed by atoms with Crippen LogP contribution in [0, 0.1) is 12.7 Å². The predicted octanol–water partition coefficient (Wildman–Crippen LogP) is 2.77. The van der Waals surface area contributed by atoms with Crippen LogP contribution in [0.2, 0.25) is 0 Å². The van der Waals surface area contributed by atoms with Crippen LogP contribution in [0.1, 0.15) is 34.2 Å².